The molecule has 1 aromatic rings. The van der Waals surface area contributed by atoms with Crippen molar-refractivity contribution in [1.29, 1.82) is 0 Å². The summed E-state index contributed by atoms with van der Waals surface area (Å²) in [6, 6.07) is 7.66. The molecule has 18 heavy (non-hydrogen) atoms. The average Bonchev–Trinajstić information content (AvgIpc) is 2.82. The molecule has 0 bridgehead atoms. The van der Waals surface area contributed by atoms with Crippen molar-refractivity contribution in [3.63, 3.8) is 0 Å². The third-order valence-electron chi connectivity index (χ3n) is 3.21. The van der Waals surface area contributed by atoms with Crippen molar-refractivity contribution in [2.45, 2.75) is 31.6 Å². The maximum atomic E-state index is 12.1. The van der Waals surface area contributed by atoms with Crippen LogP contribution in [-0.2, 0) is 14.8 Å². The van der Waals surface area contributed by atoms with Gasteiger partial charge >= 0.3 is 0 Å². The first-order chi connectivity index (χ1) is 8.49. The van der Waals surface area contributed by atoms with Gasteiger partial charge in [-0.2, -0.15) is 0 Å². The first kappa shape index (κ1) is 13.5. The van der Waals surface area contributed by atoms with E-state index in [1.54, 1.807) is 0 Å². The molecule has 2 rings (SSSR count). The van der Waals surface area contributed by atoms with Crippen LogP contribution in [0.15, 0.2) is 24.3 Å². The Bertz CT molecular complexity index is 507. The lowest BCUT2D eigenvalue weighted by atomic mass is 10.1. The maximum absolute atomic E-state index is 12.1. The molecular formula is C13H19NO3S. The van der Waals surface area contributed by atoms with E-state index in [1.807, 2.05) is 38.1 Å². The highest BCUT2D eigenvalue weighted by molar-refractivity contribution is 7.90. The summed E-state index contributed by atoms with van der Waals surface area (Å²) in [7, 11) is -3.30. The molecule has 2 atom stereocenters. The average molecular weight is 269 g/mol. The maximum Gasteiger partial charge on any atom is 0.217 e. The SMILES string of the molecule is Cc1cccc(C(C)NS(=O)(=O)C2CCOC2)c1. The number of hydrogen-bond acceptors (Lipinski definition) is 3. The molecule has 0 aliphatic carbocycles. The molecule has 1 aliphatic heterocycles. The Labute approximate surface area is 108 Å². The molecular weight excluding hydrogens is 250 g/mol. The summed E-state index contributed by atoms with van der Waals surface area (Å²) in [5.74, 6) is 0. The minimum Gasteiger partial charge on any atom is -0.380 e. The van der Waals surface area contributed by atoms with Crippen molar-refractivity contribution < 1.29 is 13.2 Å². The molecule has 0 saturated carbocycles. The highest BCUT2D eigenvalue weighted by Crippen LogP contribution is 2.19. The van der Waals surface area contributed by atoms with E-state index in [1.165, 1.54) is 0 Å². The Balaban J connectivity index is 2.09. The molecule has 0 aromatic heterocycles. The van der Waals surface area contributed by atoms with Crippen molar-refractivity contribution in [3.8, 4) is 0 Å². The number of hydrogen-bond donors (Lipinski definition) is 1. The quantitative estimate of drug-likeness (QED) is 0.906. The summed E-state index contributed by atoms with van der Waals surface area (Å²) in [4.78, 5) is 0. The standard InChI is InChI=1S/C13H19NO3S/c1-10-4-3-5-12(8-10)11(2)14-18(15,16)13-6-7-17-9-13/h3-5,8,11,13-14H,6-7,9H2,1-2H3. The van der Waals surface area contributed by atoms with Crippen molar-refractivity contribution in [2.24, 2.45) is 0 Å². The van der Waals surface area contributed by atoms with E-state index >= 15 is 0 Å². The Morgan fingerprint density at radius 2 is 2.22 bits per heavy atom. The number of rotatable bonds is 4. The molecule has 1 N–H and O–H groups in total. The largest absolute Gasteiger partial charge is 0.380 e. The lowest BCUT2D eigenvalue weighted by molar-refractivity contribution is 0.198. The second kappa shape index (κ2) is 5.38. The lowest BCUT2D eigenvalue weighted by Gasteiger charge is -2.17. The Morgan fingerprint density at radius 1 is 1.44 bits per heavy atom. The monoisotopic (exact) mass is 269 g/mol. The number of benzene rings is 1. The van der Waals surface area contributed by atoms with Crippen LogP contribution in [0.1, 0.15) is 30.5 Å². The lowest BCUT2D eigenvalue weighted by Crippen LogP contribution is -2.36. The van der Waals surface area contributed by atoms with E-state index in [-0.39, 0.29) is 6.04 Å². The first-order valence-corrected chi connectivity index (χ1v) is 7.69. The zero-order valence-corrected chi connectivity index (χ0v) is 11.5. The van der Waals surface area contributed by atoms with Crippen molar-refractivity contribution in [3.05, 3.63) is 35.4 Å². The van der Waals surface area contributed by atoms with Crippen LogP contribution >= 0.6 is 0 Å². The van der Waals surface area contributed by atoms with Crippen molar-refractivity contribution in [1.82, 2.24) is 4.72 Å². The van der Waals surface area contributed by atoms with Gasteiger partial charge in [0.25, 0.3) is 0 Å². The highest BCUT2D eigenvalue weighted by atomic mass is 32.2. The molecule has 1 aromatic carbocycles. The predicted octanol–water partition coefficient (Wildman–Crippen LogP) is 1.76. The molecule has 0 radical (unpaired) electrons. The molecule has 0 spiro atoms. The molecule has 0 amide bonds. The van der Waals surface area contributed by atoms with Crippen LogP contribution in [0, 0.1) is 6.92 Å². The molecule has 1 aliphatic rings. The van der Waals surface area contributed by atoms with Gasteiger partial charge in [-0.3, -0.25) is 0 Å². The van der Waals surface area contributed by atoms with E-state index in [4.69, 9.17) is 4.74 Å². The number of nitrogens with one attached hydrogen (secondary N) is 1. The summed E-state index contributed by atoms with van der Waals surface area (Å²) in [5.41, 5.74) is 2.11. The molecule has 100 valence electrons. The van der Waals surface area contributed by atoms with E-state index < -0.39 is 15.3 Å². The van der Waals surface area contributed by atoms with Gasteiger partial charge in [0.15, 0.2) is 0 Å². The molecule has 5 heteroatoms. The Kier molecular flexibility index (Phi) is 4.04. The topological polar surface area (TPSA) is 55.4 Å². The van der Waals surface area contributed by atoms with Crippen LogP contribution in [0.3, 0.4) is 0 Å². The number of aryl methyl sites for hydroxylation is 1. The summed E-state index contributed by atoms with van der Waals surface area (Å²) in [6.45, 7) is 4.69. The molecule has 1 saturated heterocycles. The molecule has 2 unspecified atom stereocenters. The van der Waals surface area contributed by atoms with Gasteiger partial charge in [0.2, 0.25) is 10.0 Å². The van der Waals surface area contributed by atoms with Gasteiger partial charge in [-0.05, 0) is 25.8 Å². The normalized spacial score (nSPS) is 22.0. The fourth-order valence-electron chi connectivity index (χ4n) is 2.11. The third-order valence-corrected chi connectivity index (χ3v) is 5.14. The van der Waals surface area contributed by atoms with Crippen molar-refractivity contribution >= 4 is 10.0 Å². The highest BCUT2D eigenvalue weighted by Gasteiger charge is 2.30. The van der Waals surface area contributed by atoms with Gasteiger partial charge in [0, 0.05) is 12.6 Å². The molecule has 1 heterocycles. The second-order valence-corrected chi connectivity index (χ2v) is 6.78. The fourth-order valence-corrected chi connectivity index (χ4v) is 3.61. The number of ether oxygens (including phenoxy) is 1. The van der Waals surface area contributed by atoms with Gasteiger partial charge in [-0.1, -0.05) is 29.8 Å². The van der Waals surface area contributed by atoms with Gasteiger partial charge in [0.1, 0.15) is 5.25 Å². The Morgan fingerprint density at radius 3 is 2.83 bits per heavy atom. The molecule has 4 nitrogen and oxygen atoms in total. The van der Waals surface area contributed by atoms with Crippen LogP contribution < -0.4 is 4.72 Å². The summed E-state index contributed by atoms with van der Waals surface area (Å²) < 4.78 is 32.1. The van der Waals surface area contributed by atoms with Gasteiger partial charge in [-0.25, -0.2) is 13.1 Å². The van der Waals surface area contributed by atoms with E-state index in [0.29, 0.717) is 19.6 Å². The van der Waals surface area contributed by atoms with Gasteiger partial charge in [0.05, 0.1) is 6.61 Å². The zero-order chi connectivity index (χ0) is 13.2. The summed E-state index contributed by atoms with van der Waals surface area (Å²) in [6.07, 6.45) is 0.579. The fraction of sp³-hybridized carbons (Fsp3) is 0.538. The smallest absolute Gasteiger partial charge is 0.217 e. The second-order valence-electron chi connectivity index (χ2n) is 4.78. The van der Waals surface area contributed by atoms with Crippen molar-refractivity contribution in [2.75, 3.05) is 13.2 Å². The van der Waals surface area contributed by atoms with Gasteiger partial charge < -0.3 is 4.74 Å². The van der Waals surface area contributed by atoms with Crippen LogP contribution in [0.5, 0.6) is 0 Å². The predicted molar refractivity (Wildman–Crippen MR) is 70.9 cm³/mol. The van der Waals surface area contributed by atoms with E-state index in [2.05, 4.69) is 4.72 Å². The van der Waals surface area contributed by atoms with Crippen LogP contribution in [0.25, 0.3) is 0 Å². The minimum atomic E-state index is -3.30. The third kappa shape index (κ3) is 3.10. The first-order valence-electron chi connectivity index (χ1n) is 6.14. The van der Waals surface area contributed by atoms with E-state index in [0.717, 1.165) is 11.1 Å². The van der Waals surface area contributed by atoms with Crippen LogP contribution in [0.2, 0.25) is 0 Å². The zero-order valence-electron chi connectivity index (χ0n) is 10.7. The van der Waals surface area contributed by atoms with Crippen LogP contribution in [-0.4, -0.2) is 26.9 Å². The Hall–Kier alpha value is -0.910. The summed E-state index contributed by atoms with van der Waals surface area (Å²) in [5, 5.41) is -0.412. The summed E-state index contributed by atoms with van der Waals surface area (Å²) >= 11 is 0. The minimum absolute atomic E-state index is 0.213. The number of sulfonamides is 1. The van der Waals surface area contributed by atoms with Crippen LogP contribution in [0.4, 0.5) is 0 Å². The molecule has 1 fully saturated rings. The van der Waals surface area contributed by atoms with Gasteiger partial charge in [-0.15, -0.1) is 0 Å². The van der Waals surface area contributed by atoms with E-state index in [9.17, 15) is 8.42 Å².